The fraction of sp³-hybridized carbons (Fsp3) is 0.571. The summed E-state index contributed by atoms with van der Waals surface area (Å²) in [6, 6.07) is 2.02. The Labute approximate surface area is 121 Å². The summed E-state index contributed by atoms with van der Waals surface area (Å²) in [4.78, 5) is 12.5. The normalized spacial score (nSPS) is 27.8. The molecule has 0 bridgehead atoms. The highest BCUT2D eigenvalue weighted by atomic mass is 79.9. The minimum atomic E-state index is 0.0136. The molecule has 1 saturated carbocycles. The number of H-pyrrole nitrogens is 1. The average molecular weight is 323 g/mol. The number of hydrogen-bond acceptors (Lipinski definition) is 3. The molecule has 5 heteroatoms. The molecule has 0 aromatic carbocycles. The third kappa shape index (κ3) is 2.30. The fourth-order valence-corrected chi connectivity index (χ4v) is 3.31. The smallest absolute Gasteiger partial charge is 0.177 e. The van der Waals surface area contributed by atoms with Crippen LogP contribution in [0.25, 0.3) is 11.2 Å². The van der Waals surface area contributed by atoms with E-state index in [1.807, 2.05) is 6.07 Å². The summed E-state index contributed by atoms with van der Waals surface area (Å²) in [5.41, 5.74) is 7.86. The van der Waals surface area contributed by atoms with Crippen LogP contribution in [-0.2, 0) is 5.41 Å². The minimum Gasteiger partial charge on any atom is -0.340 e. The molecule has 2 aromatic rings. The first kappa shape index (κ1) is 13.1. The Bertz CT molecular complexity index is 584. The number of hydrogen-bond donors (Lipinski definition) is 2. The molecule has 0 unspecified atom stereocenters. The van der Waals surface area contributed by atoms with Crippen molar-refractivity contribution in [2.45, 2.75) is 38.0 Å². The van der Waals surface area contributed by atoms with E-state index in [1.54, 1.807) is 6.20 Å². The van der Waals surface area contributed by atoms with Gasteiger partial charge in [0, 0.05) is 22.6 Å². The minimum absolute atomic E-state index is 0.0136. The van der Waals surface area contributed by atoms with Gasteiger partial charge in [-0.2, -0.15) is 0 Å². The van der Waals surface area contributed by atoms with Crippen molar-refractivity contribution in [2.24, 2.45) is 11.7 Å². The molecule has 2 heterocycles. The van der Waals surface area contributed by atoms with Crippen LogP contribution in [0.5, 0.6) is 0 Å². The second-order valence-electron chi connectivity index (χ2n) is 5.78. The summed E-state index contributed by atoms with van der Waals surface area (Å²) >= 11 is 3.44. The van der Waals surface area contributed by atoms with E-state index in [4.69, 9.17) is 5.73 Å². The van der Waals surface area contributed by atoms with Crippen LogP contribution in [0.1, 0.15) is 38.4 Å². The lowest BCUT2D eigenvalue weighted by Crippen LogP contribution is -2.39. The zero-order valence-corrected chi connectivity index (χ0v) is 12.7. The van der Waals surface area contributed by atoms with Crippen molar-refractivity contribution in [1.82, 2.24) is 15.0 Å². The number of aromatic amines is 1. The van der Waals surface area contributed by atoms with Crippen LogP contribution in [-0.4, -0.2) is 21.5 Å². The number of nitrogens with one attached hydrogen (secondary N) is 1. The summed E-state index contributed by atoms with van der Waals surface area (Å²) < 4.78 is 0.967. The van der Waals surface area contributed by atoms with Crippen molar-refractivity contribution in [3.8, 4) is 0 Å². The molecule has 2 aromatic heterocycles. The highest BCUT2D eigenvalue weighted by Gasteiger charge is 2.37. The van der Waals surface area contributed by atoms with Crippen LogP contribution in [0.3, 0.4) is 0 Å². The maximum atomic E-state index is 6.08. The average Bonchev–Trinajstić information content (AvgIpc) is 2.83. The topological polar surface area (TPSA) is 67.6 Å². The van der Waals surface area contributed by atoms with Gasteiger partial charge in [0.1, 0.15) is 5.82 Å². The molecule has 0 radical (unpaired) electrons. The van der Waals surface area contributed by atoms with Gasteiger partial charge in [-0.15, -0.1) is 0 Å². The number of halogens is 1. The molecular weight excluding hydrogens is 304 g/mol. The Morgan fingerprint density at radius 2 is 2.21 bits per heavy atom. The zero-order chi connectivity index (χ0) is 13.5. The maximum absolute atomic E-state index is 6.08. The summed E-state index contributed by atoms with van der Waals surface area (Å²) in [6.07, 6.45) is 6.47. The van der Waals surface area contributed by atoms with Crippen molar-refractivity contribution in [1.29, 1.82) is 0 Å². The highest BCUT2D eigenvalue weighted by Crippen LogP contribution is 2.40. The molecular formula is C14H19BrN4. The number of aromatic nitrogens is 3. The molecule has 1 aliphatic rings. The second-order valence-corrected chi connectivity index (χ2v) is 6.69. The molecule has 1 fully saturated rings. The van der Waals surface area contributed by atoms with E-state index in [2.05, 4.69) is 37.8 Å². The molecule has 102 valence electrons. The Balaban J connectivity index is 2.01. The number of imidazole rings is 1. The molecule has 0 saturated heterocycles. The van der Waals surface area contributed by atoms with E-state index < -0.39 is 0 Å². The first-order chi connectivity index (χ1) is 9.13. The third-order valence-electron chi connectivity index (χ3n) is 4.43. The number of fused-ring (bicyclic) bond motifs is 1. The third-order valence-corrected chi connectivity index (χ3v) is 4.86. The predicted molar refractivity (Wildman–Crippen MR) is 80.0 cm³/mol. The standard InChI is InChI=1S/C14H19BrN4/c1-9-2-4-14(8-16,5-3-9)13-18-11-6-10(15)7-17-12(11)19-13/h6-7,9H,2-5,8,16H2,1H3,(H,17,18,19). The Hall–Kier alpha value is -0.940. The van der Waals surface area contributed by atoms with Gasteiger partial charge in [-0.05, 0) is 53.6 Å². The van der Waals surface area contributed by atoms with Crippen LogP contribution in [0.4, 0.5) is 0 Å². The monoisotopic (exact) mass is 322 g/mol. The van der Waals surface area contributed by atoms with E-state index in [0.717, 1.165) is 40.2 Å². The van der Waals surface area contributed by atoms with Gasteiger partial charge < -0.3 is 10.7 Å². The van der Waals surface area contributed by atoms with Crippen LogP contribution < -0.4 is 5.73 Å². The molecule has 4 nitrogen and oxygen atoms in total. The Morgan fingerprint density at radius 3 is 2.89 bits per heavy atom. The first-order valence-electron chi connectivity index (χ1n) is 6.85. The van der Waals surface area contributed by atoms with Crippen molar-refractivity contribution in [3.63, 3.8) is 0 Å². The largest absolute Gasteiger partial charge is 0.340 e. The highest BCUT2D eigenvalue weighted by molar-refractivity contribution is 9.10. The van der Waals surface area contributed by atoms with Gasteiger partial charge in [-0.3, -0.25) is 0 Å². The van der Waals surface area contributed by atoms with Crippen molar-refractivity contribution in [3.05, 3.63) is 22.6 Å². The number of nitrogens with two attached hydrogens (primary N) is 1. The molecule has 0 amide bonds. The molecule has 1 aliphatic carbocycles. The van der Waals surface area contributed by atoms with E-state index in [1.165, 1.54) is 12.8 Å². The molecule has 0 atom stereocenters. The maximum Gasteiger partial charge on any atom is 0.177 e. The van der Waals surface area contributed by atoms with Gasteiger partial charge in [0.25, 0.3) is 0 Å². The second kappa shape index (κ2) is 4.87. The van der Waals surface area contributed by atoms with Crippen molar-refractivity contribution >= 4 is 27.1 Å². The van der Waals surface area contributed by atoms with E-state index in [-0.39, 0.29) is 5.41 Å². The molecule has 0 spiro atoms. The quantitative estimate of drug-likeness (QED) is 0.892. The molecule has 19 heavy (non-hydrogen) atoms. The van der Waals surface area contributed by atoms with E-state index >= 15 is 0 Å². The SMILES string of the molecule is CC1CCC(CN)(c2nc3ncc(Br)cc3[nH]2)CC1. The van der Waals surface area contributed by atoms with Crippen molar-refractivity contribution in [2.75, 3.05) is 6.54 Å². The number of pyridine rings is 1. The van der Waals surface area contributed by atoms with E-state index in [0.29, 0.717) is 6.54 Å². The van der Waals surface area contributed by atoms with Crippen molar-refractivity contribution < 1.29 is 0 Å². The lowest BCUT2D eigenvalue weighted by atomic mass is 9.70. The van der Waals surface area contributed by atoms with Crippen LogP contribution in [0, 0.1) is 5.92 Å². The van der Waals surface area contributed by atoms with Crippen LogP contribution >= 0.6 is 15.9 Å². The predicted octanol–water partition coefficient (Wildman–Crippen LogP) is 3.13. The Kier molecular flexibility index (Phi) is 3.35. The van der Waals surface area contributed by atoms with Gasteiger partial charge in [0.05, 0.1) is 5.52 Å². The summed E-state index contributed by atoms with van der Waals surface area (Å²) in [6.45, 7) is 2.97. The zero-order valence-electron chi connectivity index (χ0n) is 11.1. The first-order valence-corrected chi connectivity index (χ1v) is 7.64. The van der Waals surface area contributed by atoms with Crippen LogP contribution in [0.2, 0.25) is 0 Å². The lowest BCUT2D eigenvalue weighted by Gasteiger charge is -2.36. The molecule has 3 rings (SSSR count). The van der Waals surface area contributed by atoms with Gasteiger partial charge in [-0.25, -0.2) is 9.97 Å². The molecule has 0 aliphatic heterocycles. The fourth-order valence-electron chi connectivity index (χ4n) is 2.98. The van der Waals surface area contributed by atoms with Gasteiger partial charge in [-0.1, -0.05) is 6.92 Å². The van der Waals surface area contributed by atoms with Gasteiger partial charge in [0.15, 0.2) is 5.65 Å². The molecule has 3 N–H and O–H groups in total. The number of nitrogens with zero attached hydrogens (tertiary/aromatic N) is 2. The summed E-state index contributed by atoms with van der Waals surface area (Å²) in [5, 5.41) is 0. The Morgan fingerprint density at radius 1 is 1.47 bits per heavy atom. The summed E-state index contributed by atoms with van der Waals surface area (Å²) in [7, 11) is 0. The van der Waals surface area contributed by atoms with Gasteiger partial charge in [0.2, 0.25) is 0 Å². The van der Waals surface area contributed by atoms with E-state index in [9.17, 15) is 0 Å². The van der Waals surface area contributed by atoms with Gasteiger partial charge >= 0.3 is 0 Å². The van der Waals surface area contributed by atoms with Crippen LogP contribution in [0.15, 0.2) is 16.7 Å². The lowest BCUT2D eigenvalue weighted by molar-refractivity contribution is 0.238. The number of rotatable bonds is 2. The summed E-state index contributed by atoms with van der Waals surface area (Å²) in [5.74, 6) is 1.82.